The largest absolute Gasteiger partial charge is 0.397 e. The fraction of sp³-hybridized carbons (Fsp3) is 0.524. The molecule has 5 unspecified atom stereocenters. The van der Waals surface area contributed by atoms with Gasteiger partial charge in [0, 0.05) is 49.6 Å². The van der Waals surface area contributed by atoms with Crippen molar-refractivity contribution >= 4 is 28.9 Å². The highest BCUT2D eigenvalue weighted by atomic mass is 16.7. The summed E-state index contributed by atoms with van der Waals surface area (Å²) in [5.74, 6) is -0.0717. The van der Waals surface area contributed by atoms with E-state index in [9.17, 15) is 14.7 Å². The number of carbonyl (C=O) groups is 2. The Kier molecular flexibility index (Phi) is 11.8. The van der Waals surface area contributed by atoms with Crippen LogP contribution in [0.2, 0.25) is 0 Å². The van der Waals surface area contributed by atoms with E-state index in [0.717, 1.165) is 67.6 Å². The van der Waals surface area contributed by atoms with Crippen LogP contribution < -0.4 is 16.4 Å². The summed E-state index contributed by atoms with van der Waals surface area (Å²) in [7, 11) is 0. The van der Waals surface area contributed by atoms with Gasteiger partial charge in [0.05, 0.1) is 30.2 Å². The zero-order valence-corrected chi connectivity index (χ0v) is 30.5. The maximum atomic E-state index is 12.7. The first-order valence-corrected chi connectivity index (χ1v) is 18.8. The summed E-state index contributed by atoms with van der Waals surface area (Å²) in [5, 5.41) is 15.5. The number of nitrogen functional groups attached to an aromatic ring is 1. The van der Waals surface area contributed by atoms with E-state index >= 15 is 0 Å². The molecular formula is C42H56N4O5. The molecule has 9 nitrogen and oxygen atoms in total. The van der Waals surface area contributed by atoms with Crippen molar-refractivity contribution in [2.45, 2.75) is 116 Å². The van der Waals surface area contributed by atoms with E-state index in [0.29, 0.717) is 41.1 Å². The molecule has 0 radical (unpaired) electrons. The maximum Gasteiger partial charge on any atom is 0.224 e. The molecule has 0 spiro atoms. The van der Waals surface area contributed by atoms with Crippen LogP contribution in [0.15, 0.2) is 72.8 Å². The monoisotopic (exact) mass is 696 g/mol. The Morgan fingerprint density at radius 3 is 2.20 bits per heavy atom. The van der Waals surface area contributed by atoms with Crippen LogP contribution in [0, 0.1) is 10.8 Å². The molecule has 2 amide bonds. The molecule has 3 aliphatic rings. The fourth-order valence-corrected chi connectivity index (χ4v) is 8.78. The summed E-state index contributed by atoms with van der Waals surface area (Å²) < 4.78 is 13.3. The number of anilines is 3. The molecule has 5 N–H and O–H groups in total. The van der Waals surface area contributed by atoms with Gasteiger partial charge in [0.25, 0.3) is 0 Å². The van der Waals surface area contributed by atoms with Gasteiger partial charge in [0.15, 0.2) is 6.29 Å². The number of benzene rings is 3. The molecule has 2 heterocycles. The fourth-order valence-electron chi connectivity index (χ4n) is 8.78. The molecule has 2 saturated heterocycles. The van der Waals surface area contributed by atoms with Crippen molar-refractivity contribution in [1.29, 1.82) is 0 Å². The maximum absolute atomic E-state index is 12.7. The minimum atomic E-state index is -0.530. The Labute approximate surface area is 303 Å². The van der Waals surface area contributed by atoms with Crippen LogP contribution >= 0.6 is 0 Å². The number of nitrogens with zero attached hydrogens (tertiary/aromatic N) is 1. The van der Waals surface area contributed by atoms with Gasteiger partial charge in [-0.15, -0.1) is 0 Å². The number of amides is 2. The van der Waals surface area contributed by atoms with E-state index in [1.165, 1.54) is 19.3 Å². The first-order valence-electron chi connectivity index (χ1n) is 18.8. The molecule has 3 fully saturated rings. The molecule has 2 aliphatic heterocycles. The summed E-state index contributed by atoms with van der Waals surface area (Å²) in [6.45, 7) is 9.28. The number of para-hydroxylation sites is 2. The Balaban J connectivity index is 0.996. The van der Waals surface area contributed by atoms with Gasteiger partial charge in [-0.25, -0.2) is 0 Å². The average Bonchev–Trinajstić information content (AvgIpc) is 3.34. The molecule has 9 heteroatoms. The summed E-state index contributed by atoms with van der Waals surface area (Å²) in [5.41, 5.74) is 11.4. The van der Waals surface area contributed by atoms with Gasteiger partial charge in [-0.2, -0.15) is 0 Å². The lowest BCUT2D eigenvalue weighted by molar-refractivity contribution is -0.253. The first-order chi connectivity index (χ1) is 24.5. The number of ether oxygens (including phenoxy) is 2. The van der Waals surface area contributed by atoms with Crippen molar-refractivity contribution in [2.75, 3.05) is 29.5 Å². The summed E-state index contributed by atoms with van der Waals surface area (Å²) in [6.07, 6.45) is 7.99. The van der Waals surface area contributed by atoms with E-state index in [1.807, 2.05) is 48.5 Å². The van der Waals surface area contributed by atoms with Crippen LogP contribution in [0.25, 0.3) is 0 Å². The highest BCUT2D eigenvalue weighted by molar-refractivity contribution is 5.93. The molecule has 0 aromatic heterocycles. The van der Waals surface area contributed by atoms with Crippen molar-refractivity contribution in [3.05, 3.63) is 89.5 Å². The molecule has 6 rings (SSSR count). The van der Waals surface area contributed by atoms with Crippen LogP contribution in [0.4, 0.5) is 17.1 Å². The van der Waals surface area contributed by atoms with Crippen molar-refractivity contribution in [1.82, 2.24) is 4.90 Å². The Bertz CT molecular complexity index is 1630. The number of aliphatic hydroxyl groups excluding tert-OH is 1. The van der Waals surface area contributed by atoms with Crippen LogP contribution in [0.5, 0.6) is 0 Å². The Morgan fingerprint density at radius 2 is 1.51 bits per heavy atom. The number of aliphatic hydroxyl groups is 1. The molecule has 274 valence electrons. The smallest absolute Gasteiger partial charge is 0.224 e. The number of nitrogens with two attached hydrogens (primary N) is 1. The zero-order chi connectivity index (χ0) is 36.0. The summed E-state index contributed by atoms with van der Waals surface area (Å²) in [6, 6.07) is 23.7. The lowest BCUT2D eigenvalue weighted by Crippen LogP contribution is -2.42. The van der Waals surface area contributed by atoms with Gasteiger partial charge in [0.1, 0.15) is 0 Å². The summed E-state index contributed by atoms with van der Waals surface area (Å²) >= 11 is 0. The predicted octanol–water partition coefficient (Wildman–Crippen LogP) is 8.12. The van der Waals surface area contributed by atoms with Crippen molar-refractivity contribution in [3.63, 3.8) is 0 Å². The van der Waals surface area contributed by atoms with Gasteiger partial charge < -0.3 is 30.9 Å². The normalized spacial score (nSPS) is 25.7. The SMILES string of the molecule is CC1(C)CC2CC(C)(CN2CC2CC(c3ccc(CO)cc3)OC(c3ccc(NC(=O)CCCCCCC(=O)Nc4ccccc4N)cc3)O2)C1. The van der Waals surface area contributed by atoms with Gasteiger partial charge in [-0.05, 0) is 78.3 Å². The highest BCUT2D eigenvalue weighted by Gasteiger charge is 2.50. The molecule has 2 bridgehead atoms. The van der Waals surface area contributed by atoms with Crippen LogP contribution in [-0.2, 0) is 25.7 Å². The third-order valence-corrected chi connectivity index (χ3v) is 10.8. The minimum absolute atomic E-state index is 0.00810. The topological polar surface area (TPSA) is 126 Å². The van der Waals surface area contributed by atoms with Crippen LogP contribution in [0.1, 0.15) is 114 Å². The number of likely N-dealkylation sites (tertiary alicyclic amines) is 1. The van der Waals surface area contributed by atoms with E-state index in [4.69, 9.17) is 15.2 Å². The molecule has 3 aromatic carbocycles. The van der Waals surface area contributed by atoms with Crippen LogP contribution in [-0.4, -0.2) is 47.1 Å². The molecule has 51 heavy (non-hydrogen) atoms. The molecule has 3 aromatic rings. The second kappa shape index (κ2) is 16.3. The van der Waals surface area contributed by atoms with Gasteiger partial charge in [0.2, 0.25) is 11.8 Å². The Hall–Kier alpha value is -3.76. The standard InChI is InChI=1S/C42H56N4O5/c1-41(2)23-33-24-42(3,27-41)28-46(33)25-34-22-37(30-16-14-29(26-47)15-17-30)51-40(50-34)31-18-20-32(21-19-31)44-38(48)12-6-4-5-7-13-39(49)45-36-11-9-8-10-35(36)43/h8-11,14-21,33-34,37,40,47H,4-7,12-13,22-28,43H2,1-3H3,(H,44,48)(H,45,49). The van der Waals surface area contributed by atoms with E-state index < -0.39 is 6.29 Å². The van der Waals surface area contributed by atoms with E-state index in [1.54, 1.807) is 12.1 Å². The van der Waals surface area contributed by atoms with Gasteiger partial charge >= 0.3 is 0 Å². The number of unbranched alkanes of at least 4 members (excludes halogenated alkanes) is 3. The third-order valence-electron chi connectivity index (χ3n) is 10.8. The van der Waals surface area contributed by atoms with Gasteiger partial charge in [-0.1, -0.05) is 82.1 Å². The number of rotatable bonds is 14. The predicted molar refractivity (Wildman–Crippen MR) is 202 cm³/mol. The number of hydrogen-bond donors (Lipinski definition) is 4. The average molecular weight is 697 g/mol. The molecule has 1 saturated carbocycles. The highest BCUT2D eigenvalue weighted by Crippen LogP contribution is 2.53. The van der Waals surface area contributed by atoms with E-state index in [-0.39, 0.29) is 30.6 Å². The minimum Gasteiger partial charge on any atom is -0.397 e. The number of fused-ring (bicyclic) bond motifs is 2. The number of hydrogen-bond acceptors (Lipinski definition) is 7. The lowest BCUT2D eigenvalue weighted by atomic mass is 9.65. The third kappa shape index (κ3) is 9.98. The number of carbonyl (C=O) groups excluding carboxylic acids is 2. The van der Waals surface area contributed by atoms with Crippen molar-refractivity contribution in [3.8, 4) is 0 Å². The summed E-state index contributed by atoms with van der Waals surface area (Å²) in [4.78, 5) is 27.6. The zero-order valence-electron chi connectivity index (χ0n) is 30.5. The van der Waals surface area contributed by atoms with E-state index in [2.05, 4.69) is 48.4 Å². The number of nitrogens with one attached hydrogen (secondary N) is 2. The van der Waals surface area contributed by atoms with Crippen molar-refractivity contribution in [2.24, 2.45) is 10.8 Å². The second-order valence-corrected chi connectivity index (χ2v) is 16.2. The molecule has 5 atom stereocenters. The Morgan fingerprint density at radius 1 is 0.843 bits per heavy atom. The lowest BCUT2D eigenvalue weighted by Gasteiger charge is -2.41. The van der Waals surface area contributed by atoms with Gasteiger partial charge in [-0.3, -0.25) is 14.5 Å². The van der Waals surface area contributed by atoms with Crippen molar-refractivity contribution < 1.29 is 24.2 Å². The quantitative estimate of drug-likeness (QED) is 0.0991. The molecular weight excluding hydrogens is 640 g/mol. The second-order valence-electron chi connectivity index (χ2n) is 16.2. The first kappa shape index (κ1) is 37.0. The molecule has 1 aliphatic carbocycles. The van der Waals surface area contributed by atoms with Crippen LogP contribution in [0.3, 0.4) is 0 Å².